The second-order valence-electron chi connectivity index (χ2n) is 10.2. The molecule has 3 rings (SSSR count). The summed E-state index contributed by atoms with van der Waals surface area (Å²) in [6.07, 6.45) is -4.02. The van der Waals surface area contributed by atoms with E-state index in [9.17, 15) is 31.2 Å². The molecule has 43 heavy (non-hydrogen) atoms. The van der Waals surface area contributed by atoms with E-state index in [0.717, 1.165) is 17.7 Å². The van der Waals surface area contributed by atoms with Crippen LogP contribution in [0.3, 0.4) is 0 Å². The van der Waals surface area contributed by atoms with Crippen LogP contribution in [0.1, 0.15) is 50.3 Å². The summed E-state index contributed by atoms with van der Waals surface area (Å²) in [6.45, 7) is 6.43. The largest absolute Gasteiger partial charge is 0.417 e. The molecule has 2 amide bonds. The third kappa shape index (κ3) is 8.51. The highest BCUT2D eigenvalue weighted by atomic mass is 35.5. The van der Waals surface area contributed by atoms with Gasteiger partial charge in [0.25, 0.3) is 10.0 Å². The second-order valence-corrected chi connectivity index (χ2v) is 12.5. The third-order valence-corrected chi connectivity index (χ3v) is 9.09. The molecule has 2 atom stereocenters. The zero-order chi connectivity index (χ0) is 31.9. The van der Waals surface area contributed by atoms with Crippen LogP contribution in [0.4, 0.5) is 18.9 Å². The SMILES string of the molecule is CC[C@@H](C)NC(=O)[C@@H](CC)N(Cc1cccc(C)c1)C(=O)CN(c1ccc(Cl)c(C(F)(F)F)c1)S(=O)(=O)c1ccccc1. The van der Waals surface area contributed by atoms with Crippen LogP contribution in [0.5, 0.6) is 0 Å². The molecule has 0 unspecified atom stereocenters. The Morgan fingerprint density at radius 1 is 0.953 bits per heavy atom. The Morgan fingerprint density at radius 3 is 2.21 bits per heavy atom. The number of alkyl halides is 3. The first-order valence-electron chi connectivity index (χ1n) is 13.8. The molecule has 0 aromatic heterocycles. The van der Waals surface area contributed by atoms with Gasteiger partial charge in [0.05, 0.1) is 21.2 Å². The van der Waals surface area contributed by atoms with Crippen LogP contribution in [0.2, 0.25) is 5.02 Å². The maximum atomic E-state index is 14.1. The van der Waals surface area contributed by atoms with E-state index in [2.05, 4.69) is 5.32 Å². The van der Waals surface area contributed by atoms with Crippen molar-refractivity contribution in [3.05, 3.63) is 94.5 Å². The van der Waals surface area contributed by atoms with Crippen LogP contribution in [0.15, 0.2) is 77.7 Å². The number of hydrogen-bond donors (Lipinski definition) is 1. The molecule has 0 aliphatic rings. The molecule has 0 radical (unpaired) electrons. The van der Waals surface area contributed by atoms with E-state index in [4.69, 9.17) is 11.6 Å². The fourth-order valence-electron chi connectivity index (χ4n) is 4.50. The Kier molecular flexibility index (Phi) is 11.3. The molecule has 0 aliphatic heterocycles. The van der Waals surface area contributed by atoms with Crippen LogP contribution in [-0.2, 0) is 32.3 Å². The van der Waals surface area contributed by atoms with Gasteiger partial charge >= 0.3 is 6.18 Å². The number of hydrogen-bond acceptors (Lipinski definition) is 4. The summed E-state index contributed by atoms with van der Waals surface area (Å²) in [7, 11) is -4.54. The van der Waals surface area contributed by atoms with Crippen LogP contribution in [-0.4, -0.2) is 43.8 Å². The molecule has 3 aromatic rings. The quantitative estimate of drug-likeness (QED) is 0.243. The molecule has 0 fully saturated rings. The van der Waals surface area contributed by atoms with E-state index in [-0.39, 0.29) is 23.9 Å². The molecule has 1 N–H and O–H groups in total. The topological polar surface area (TPSA) is 86.8 Å². The number of aryl methyl sites for hydroxylation is 1. The van der Waals surface area contributed by atoms with E-state index in [0.29, 0.717) is 22.4 Å². The van der Waals surface area contributed by atoms with Crippen LogP contribution in [0, 0.1) is 6.92 Å². The molecular formula is C31H35ClF3N3O4S. The molecule has 0 saturated heterocycles. The number of nitrogens with one attached hydrogen (secondary N) is 1. The third-order valence-electron chi connectivity index (χ3n) is 6.98. The Morgan fingerprint density at radius 2 is 1.63 bits per heavy atom. The monoisotopic (exact) mass is 637 g/mol. The van der Waals surface area contributed by atoms with Crippen molar-refractivity contribution in [3.63, 3.8) is 0 Å². The molecule has 0 spiro atoms. The lowest BCUT2D eigenvalue weighted by atomic mass is 10.1. The predicted octanol–water partition coefficient (Wildman–Crippen LogP) is 6.58. The summed E-state index contributed by atoms with van der Waals surface area (Å²) in [5, 5.41) is 2.26. The molecule has 0 heterocycles. The van der Waals surface area contributed by atoms with Gasteiger partial charge in [-0.05, 0) is 62.6 Å². The van der Waals surface area contributed by atoms with Gasteiger partial charge in [-0.15, -0.1) is 0 Å². The number of carbonyl (C=O) groups excluding carboxylic acids is 2. The minimum absolute atomic E-state index is 0.0272. The van der Waals surface area contributed by atoms with E-state index in [1.54, 1.807) is 25.1 Å². The molecular weight excluding hydrogens is 603 g/mol. The number of amides is 2. The molecule has 7 nitrogen and oxygen atoms in total. The number of nitrogens with zero attached hydrogens (tertiary/aromatic N) is 2. The summed E-state index contributed by atoms with van der Waals surface area (Å²) in [4.78, 5) is 28.5. The molecule has 12 heteroatoms. The van der Waals surface area contributed by atoms with Crippen LogP contribution < -0.4 is 9.62 Å². The van der Waals surface area contributed by atoms with Gasteiger partial charge in [0, 0.05) is 12.6 Å². The van der Waals surface area contributed by atoms with Crippen molar-refractivity contribution in [3.8, 4) is 0 Å². The highest BCUT2D eigenvalue weighted by molar-refractivity contribution is 7.92. The van der Waals surface area contributed by atoms with Gasteiger partial charge in [-0.1, -0.05) is 73.5 Å². The molecule has 232 valence electrons. The van der Waals surface area contributed by atoms with Gasteiger partial charge in [0.2, 0.25) is 11.8 Å². The van der Waals surface area contributed by atoms with Crippen molar-refractivity contribution in [2.75, 3.05) is 10.8 Å². The average Bonchev–Trinajstić information content (AvgIpc) is 2.95. The predicted molar refractivity (Wildman–Crippen MR) is 161 cm³/mol. The summed E-state index contributed by atoms with van der Waals surface area (Å²) in [5.41, 5.74) is -0.0347. The summed E-state index contributed by atoms with van der Waals surface area (Å²) in [6, 6.07) is 15.9. The molecule has 0 bridgehead atoms. The number of carbonyl (C=O) groups is 2. The Labute approximate surface area is 255 Å². The Bertz CT molecular complexity index is 1530. The van der Waals surface area contributed by atoms with Gasteiger partial charge in [0.15, 0.2) is 0 Å². The van der Waals surface area contributed by atoms with Crippen molar-refractivity contribution >= 4 is 39.1 Å². The van der Waals surface area contributed by atoms with Gasteiger partial charge in [-0.3, -0.25) is 13.9 Å². The zero-order valence-corrected chi connectivity index (χ0v) is 25.9. The number of benzene rings is 3. The first kappa shape index (κ1) is 33.9. The van der Waals surface area contributed by atoms with Crippen LogP contribution in [0.25, 0.3) is 0 Å². The number of rotatable bonds is 12. The minimum atomic E-state index is -4.88. The fraction of sp³-hybridized carbons (Fsp3) is 0.355. The van der Waals surface area contributed by atoms with E-state index < -0.39 is 56.9 Å². The molecule has 0 aliphatic carbocycles. The normalized spacial score (nSPS) is 13.2. The lowest BCUT2D eigenvalue weighted by molar-refractivity contribution is -0.140. The van der Waals surface area contributed by atoms with Gasteiger partial charge in [-0.25, -0.2) is 8.42 Å². The number of sulfonamides is 1. The molecule has 0 saturated carbocycles. The van der Waals surface area contributed by atoms with E-state index in [1.807, 2.05) is 32.9 Å². The first-order chi connectivity index (χ1) is 20.2. The van der Waals surface area contributed by atoms with Gasteiger partial charge in [-0.2, -0.15) is 13.2 Å². The van der Waals surface area contributed by atoms with Crippen molar-refractivity contribution in [1.82, 2.24) is 10.2 Å². The number of halogens is 4. The van der Waals surface area contributed by atoms with Gasteiger partial charge in [0.1, 0.15) is 12.6 Å². The second kappa shape index (κ2) is 14.3. The van der Waals surface area contributed by atoms with E-state index >= 15 is 0 Å². The summed E-state index contributed by atoms with van der Waals surface area (Å²) < 4.78 is 69.7. The summed E-state index contributed by atoms with van der Waals surface area (Å²) in [5.74, 6) is -1.18. The van der Waals surface area contributed by atoms with Crippen molar-refractivity contribution in [2.24, 2.45) is 0 Å². The maximum Gasteiger partial charge on any atom is 0.417 e. The minimum Gasteiger partial charge on any atom is -0.352 e. The van der Waals surface area contributed by atoms with E-state index in [1.165, 1.54) is 29.2 Å². The standard InChI is InChI=1S/C31H35ClF3N3O4S/c1-5-22(4)36-30(40)28(6-2)37(19-23-12-10-11-21(3)17-23)29(39)20-38(43(41,42)25-13-8-7-9-14-25)24-15-16-27(32)26(18-24)31(33,34)35/h7-18,22,28H,5-6,19-20H2,1-4H3,(H,36,40)/t22-,28-/m1/s1. The van der Waals surface area contributed by atoms with Crippen molar-refractivity contribution < 1.29 is 31.2 Å². The number of anilines is 1. The fourth-order valence-corrected chi connectivity index (χ4v) is 6.15. The highest BCUT2D eigenvalue weighted by Gasteiger charge is 2.37. The Hall–Kier alpha value is -3.57. The summed E-state index contributed by atoms with van der Waals surface area (Å²) >= 11 is 5.82. The zero-order valence-electron chi connectivity index (χ0n) is 24.4. The van der Waals surface area contributed by atoms with Gasteiger partial charge < -0.3 is 10.2 Å². The maximum absolute atomic E-state index is 14.1. The smallest absolute Gasteiger partial charge is 0.352 e. The van der Waals surface area contributed by atoms with Crippen molar-refractivity contribution in [1.29, 1.82) is 0 Å². The Balaban J connectivity index is 2.14. The lowest BCUT2D eigenvalue weighted by Gasteiger charge is -2.34. The van der Waals surface area contributed by atoms with Crippen LogP contribution >= 0.6 is 11.6 Å². The highest BCUT2D eigenvalue weighted by Crippen LogP contribution is 2.38. The lowest BCUT2D eigenvalue weighted by Crippen LogP contribution is -2.53. The van der Waals surface area contributed by atoms with Crippen molar-refractivity contribution in [2.45, 2.75) is 70.2 Å². The average molecular weight is 638 g/mol. The molecule has 3 aromatic carbocycles. The first-order valence-corrected chi connectivity index (χ1v) is 15.6.